The minimum Gasteiger partial charge on any atom is -0.393 e. The molecule has 0 aromatic carbocycles. The number of carbonyl (C=O) groups is 1. The van der Waals surface area contributed by atoms with Gasteiger partial charge in [0.25, 0.3) is 0 Å². The lowest BCUT2D eigenvalue weighted by Gasteiger charge is -2.44. The third-order valence-corrected chi connectivity index (χ3v) is 9.24. The van der Waals surface area contributed by atoms with E-state index < -0.39 is 12.2 Å². The van der Waals surface area contributed by atoms with E-state index in [4.69, 9.17) is 4.74 Å². The first-order valence-electron chi connectivity index (χ1n) is 12.4. The lowest BCUT2D eigenvalue weighted by molar-refractivity contribution is -0.121. The number of ketones is 1. The molecule has 4 heteroatoms. The van der Waals surface area contributed by atoms with Gasteiger partial charge in [-0.2, -0.15) is 0 Å². The van der Waals surface area contributed by atoms with Crippen molar-refractivity contribution in [3.8, 4) is 0 Å². The molecule has 0 bridgehead atoms. The van der Waals surface area contributed by atoms with Crippen molar-refractivity contribution < 1.29 is 19.7 Å². The van der Waals surface area contributed by atoms with E-state index in [-0.39, 0.29) is 23.5 Å². The van der Waals surface area contributed by atoms with Gasteiger partial charge in [0.15, 0.2) is 5.78 Å². The van der Waals surface area contributed by atoms with Gasteiger partial charge in [-0.15, -0.1) is 0 Å². The molecule has 5 aliphatic rings. The molecule has 0 aromatic rings. The number of carbonyl (C=O) groups excluding carboxylic acids is 1. The molecule has 5 rings (SSSR count). The van der Waals surface area contributed by atoms with E-state index in [0.29, 0.717) is 36.4 Å². The van der Waals surface area contributed by atoms with Gasteiger partial charge in [-0.1, -0.05) is 38.2 Å². The number of hydrogen-bond acceptors (Lipinski definition) is 4. The topological polar surface area (TPSA) is 70.1 Å². The smallest absolute Gasteiger partial charge is 0.167 e. The molecule has 4 nitrogen and oxygen atoms in total. The maximum absolute atomic E-state index is 12.4. The molecule has 0 radical (unpaired) electrons. The van der Waals surface area contributed by atoms with E-state index in [9.17, 15) is 15.0 Å². The number of hydrogen-bond donors (Lipinski definition) is 2. The predicted octanol–water partition coefficient (Wildman–Crippen LogP) is 4.51. The number of aliphatic hydroxyl groups excluding tert-OH is 2. The lowest BCUT2D eigenvalue weighted by Crippen LogP contribution is -2.37. The van der Waals surface area contributed by atoms with Gasteiger partial charge >= 0.3 is 0 Å². The first-order chi connectivity index (χ1) is 14.8. The van der Waals surface area contributed by atoms with Crippen LogP contribution in [-0.4, -0.2) is 40.4 Å². The van der Waals surface area contributed by atoms with Crippen LogP contribution in [0, 0.1) is 29.1 Å². The Balaban J connectivity index is 1.30. The molecule has 8 atom stereocenters. The van der Waals surface area contributed by atoms with Crippen LogP contribution in [0.1, 0.15) is 71.6 Å². The number of rotatable bonds is 5. The van der Waals surface area contributed by atoms with Crippen LogP contribution in [0.4, 0.5) is 0 Å². The van der Waals surface area contributed by atoms with Crippen molar-refractivity contribution in [3.05, 3.63) is 35.5 Å². The average Bonchev–Trinajstić information content (AvgIpc) is 3.64. The minimum atomic E-state index is -0.633. The van der Waals surface area contributed by atoms with E-state index in [1.165, 1.54) is 31.3 Å². The lowest BCUT2D eigenvalue weighted by atomic mass is 9.60. The third-order valence-electron chi connectivity index (χ3n) is 9.24. The highest BCUT2D eigenvalue weighted by molar-refractivity contribution is 5.89. The minimum absolute atomic E-state index is 0.122. The Morgan fingerprint density at radius 2 is 2.00 bits per heavy atom. The summed E-state index contributed by atoms with van der Waals surface area (Å²) in [4.78, 5) is 12.4. The highest BCUT2D eigenvalue weighted by atomic mass is 16.6. The van der Waals surface area contributed by atoms with Crippen LogP contribution in [0.15, 0.2) is 35.5 Å². The van der Waals surface area contributed by atoms with Gasteiger partial charge in [-0.3, -0.25) is 4.79 Å². The van der Waals surface area contributed by atoms with E-state index >= 15 is 0 Å². The van der Waals surface area contributed by atoms with Crippen molar-refractivity contribution in [1.82, 2.24) is 0 Å². The normalized spacial score (nSPS) is 46.3. The zero-order valence-corrected chi connectivity index (χ0v) is 19.1. The second kappa shape index (κ2) is 7.97. The number of allylic oxidation sites excluding steroid dienone is 3. The summed E-state index contributed by atoms with van der Waals surface area (Å²) in [7, 11) is 0. The molecule has 4 aliphatic carbocycles. The maximum Gasteiger partial charge on any atom is 0.167 e. The largest absolute Gasteiger partial charge is 0.393 e. The zero-order chi connectivity index (χ0) is 21.9. The second-order valence-corrected chi connectivity index (χ2v) is 11.2. The molecule has 1 heterocycles. The van der Waals surface area contributed by atoms with Crippen molar-refractivity contribution >= 4 is 5.78 Å². The molecule has 3 unspecified atom stereocenters. The van der Waals surface area contributed by atoms with Crippen molar-refractivity contribution in [2.75, 3.05) is 0 Å². The predicted molar refractivity (Wildman–Crippen MR) is 120 cm³/mol. The summed E-state index contributed by atoms with van der Waals surface area (Å²) < 4.78 is 5.93. The van der Waals surface area contributed by atoms with Crippen LogP contribution >= 0.6 is 0 Å². The fourth-order valence-corrected chi connectivity index (χ4v) is 7.19. The summed E-state index contributed by atoms with van der Waals surface area (Å²) in [6, 6.07) is 0. The van der Waals surface area contributed by atoms with Crippen LogP contribution < -0.4 is 0 Å². The standard InChI is InChI=1S/C27H38O4/c1-15-19(13-20(28)14-23(15)29)9-6-17-5-4-12-27(3)21(10-11-22(17)27)16(2)25-26(31-25)24(30)18-7-8-18/h6,9,16,18,20-23,25-26,28-29H,1,4-5,7-8,10-14H2,2-3H3/b17-6+,19-9-/t16-,20+,21+,22?,23-,25?,26?,27+/m0/s1. The third kappa shape index (κ3) is 3.89. The Morgan fingerprint density at radius 3 is 2.74 bits per heavy atom. The fraction of sp³-hybridized carbons (Fsp3) is 0.741. The number of epoxide rings is 1. The van der Waals surface area contributed by atoms with Crippen molar-refractivity contribution in [2.45, 2.75) is 96.1 Å². The average molecular weight is 427 g/mol. The number of Topliss-reactive ketones (excluding diaryl/α,β-unsaturated/α-hetero) is 1. The summed E-state index contributed by atoms with van der Waals surface area (Å²) >= 11 is 0. The van der Waals surface area contributed by atoms with Crippen molar-refractivity contribution in [3.63, 3.8) is 0 Å². The summed E-state index contributed by atoms with van der Waals surface area (Å²) in [5.41, 5.74) is 3.53. The highest BCUT2D eigenvalue weighted by Gasteiger charge is 2.58. The van der Waals surface area contributed by atoms with Gasteiger partial charge in [0, 0.05) is 12.3 Å². The SMILES string of the molecule is C=C1/C(=C\C=C2/CCC[C@@]3(C)C2CC[C@@H]3[C@H](C)C2OC2C(=O)C2CC2)C[C@@H](O)C[C@@H]1O. The summed E-state index contributed by atoms with van der Waals surface area (Å²) in [6.07, 6.45) is 12.4. The second-order valence-electron chi connectivity index (χ2n) is 11.2. The molecule has 1 aliphatic heterocycles. The van der Waals surface area contributed by atoms with Gasteiger partial charge in [-0.05, 0) is 85.7 Å². The summed E-state index contributed by atoms with van der Waals surface area (Å²) in [5, 5.41) is 20.2. The Bertz CT molecular complexity index is 821. The van der Waals surface area contributed by atoms with Crippen molar-refractivity contribution in [2.24, 2.45) is 29.1 Å². The van der Waals surface area contributed by atoms with E-state index in [2.05, 4.69) is 32.6 Å². The van der Waals surface area contributed by atoms with Gasteiger partial charge in [0.1, 0.15) is 6.10 Å². The van der Waals surface area contributed by atoms with Gasteiger partial charge in [0.05, 0.1) is 18.3 Å². The Kier molecular flexibility index (Phi) is 5.55. The Morgan fingerprint density at radius 1 is 1.23 bits per heavy atom. The van der Waals surface area contributed by atoms with Crippen LogP contribution in [-0.2, 0) is 9.53 Å². The summed E-state index contributed by atoms with van der Waals surface area (Å²) in [6.45, 7) is 8.84. The molecule has 31 heavy (non-hydrogen) atoms. The van der Waals surface area contributed by atoms with Gasteiger partial charge in [0.2, 0.25) is 0 Å². The molecule has 1 saturated heterocycles. The van der Waals surface area contributed by atoms with Crippen LogP contribution in [0.2, 0.25) is 0 Å². The molecule has 5 fully saturated rings. The number of ether oxygens (including phenoxy) is 1. The molecule has 2 N–H and O–H groups in total. The Hall–Kier alpha value is -1.23. The molecular weight excluding hydrogens is 388 g/mol. The number of fused-ring (bicyclic) bond motifs is 1. The van der Waals surface area contributed by atoms with Crippen LogP contribution in [0.5, 0.6) is 0 Å². The molecule has 0 amide bonds. The molecule has 0 aromatic heterocycles. The van der Waals surface area contributed by atoms with Crippen LogP contribution in [0.25, 0.3) is 0 Å². The fourth-order valence-electron chi connectivity index (χ4n) is 7.19. The molecule has 170 valence electrons. The van der Waals surface area contributed by atoms with E-state index in [1.807, 2.05) is 0 Å². The molecular formula is C27H38O4. The first kappa shape index (κ1) is 21.6. The summed E-state index contributed by atoms with van der Waals surface area (Å²) in [5.74, 6) is 2.27. The monoisotopic (exact) mass is 426 g/mol. The first-order valence-corrected chi connectivity index (χ1v) is 12.4. The van der Waals surface area contributed by atoms with Gasteiger partial charge < -0.3 is 14.9 Å². The van der Waals surface area contributed by atoms with Gasteiger partial charge in [-0.25, -0.2) is 0 Å². The van der Waals surface area contributed by atoms with Crippen LogP contribution in [0.3, 0.4) is 0 Å². The molecule has 4 saturated carbocycles. The zero-order valence-electron chi connectivity index (χ0n) is 19.1. The van der Waals surface area contributed by atoms with E-state index in [1.54, 1.807) is 0 Å². The maximum atomic E-state index is 12.4. The quantitative estimate of drug-likeness (QED) is 0.635. The Labute approximate surface area is 186 Å². The van der Waals surface area contributed by atoms with E-state index in [0.717, 1.165) is 30.4 Å². The molecule has 0 spiro atoms. The van der Waals surface area contributed by atoms with Crippen molar-refractivity contribution in [1.29, 1.82) is 0 Å². The number of aliphatic hydroxyl groups is 2. The highest BCUT2D eigenvalue weighted by Crippen LogP contribution is 2.61.